The fourth-order valence-electron chi connectivity index (χ4n) is 2.11. The fourth-order valence-corrected chi connectivity index (χ4v) is 3.55. The van der Waals surface area contributed by atoms with Gasteiger partial charge in [0.1, 0.15) is 0 Å². The number of nitrogens with one attached hydrogen (secondary N) is 1. The molecule has 2 aromatic carbocycles. The SMILES string of the molecule is COc1cc(/C=N/NC(=O)CSCc2ccccc2Br)ccc1OCC(N)=O. The largest absolute Gasteiger partial charge is 0.493 e. The van der Waals surface area contributed by atoms with Gasteiger partial charge in [-0.05, 0) is 35.4 Å². The van der Waals surface area contributed by atoms with Crippen LogP contribution in [0.5, 0.6) is 11.5 Å². The number of hydrazone groups is 1. The average Bonchev–Trinajstić information content (AvgIpc) is 2.68. The number of hydrogen-bond donors (Lipinski definition) is 2. The van der Waals surface area contributed by atoms with E-state index >= 15 is 0 Å². The lowest BCUT2D eigenvalue weighted by atomic mass is 10.2. The van der Waals surface area contributed by atoms with E-state index in [-0.39, 0.29) is 12.5 Å². The maximum Gasteiger partial charge on any atom is 0.255 e. The van der Waals surface area contributed by atoms with E-state index in [9.17, 15) is 9.59 Å². The van der Waals surface area contributed by atoms with Crippen LogP contribution in [0.4, 0.5) is 0 Å². The quantitative estimate of drug-likeness (QED) is 0.414. The molecule has 2 amide bonds. The van der Waals surface area contributed by atoms with Gasteiger partial charge < -0.3 is 15.2 Å². The maximum atomic E-state index is 11.9. The number of carbonyl (C=O) groups excluding carboxylic acids is 2. The molecule has 28 heavy (non-hydrogen) atoms. The number of methoxy groups -OCH3 is 1. The smallest absolute Gasteiger partial charge is 0.255 e. The summed E-state index contributed by atoms with van der Waals surface area (Å²) in [5, 5.41) is 3.95. The lowest BCUT2D eigenvalue weighted by Gasteiger charge is -2.09. The summed E-state index contributed by atoms with van der Waals surface area (Å²) in [6.07, 6.45) is 1.50. The lowest BCUT2D eigenvalue weighted by Crippen LogP contribution is -2.20. The van der Waals surface area contributed by atoms with Crippen molar-refractivity contribution in [2.45, 2.75) is 5.75 Å². The summed E-state index contributed by atoms with van der Waals surface area (Å²) < 4.78 is 11.5. The number of nitrogens with two attached hydrogens (primary N) is 1. The minimum atomic E-state index is -0.576. The van der Waals surface area contributed by atoms with E-state index in [1.165, 1.54) is 25.1 Å². The van der Waals surface area contributed by atoms with Crippen LogP contribution in [0.1, 0.15) is 11.1 Å². The number of carbonyl (C=O) groups is 2. The number of benzene rings is 2. The molecule has 0 saturated carbocycles. The molecule has 0 bridgehead atoms. The summed E-state index contributed by atoms with van der Waals surface area (Å²) in [5.74, 6) is 1.07. The van der Waals surface area contributed by atoms with E-state index in [4.69, 9.17) is 15.2 Å². The van der Waals surface area contributed by atoms with Gasteiger partial charge in [-0.3, -0.25) is 9.59 Å². The third kappa shape index (κ3) is 7.24. The molecule has 0 saturated heterocycles. The molecule has 2 aromatic rings. The number of halogens is 1. The Hall–Kier alpha value is -2.52. The molecule has 2 rings (SSSR count). The van der Waals surface area contributed by atoms with Crippen molar-refractivity contribution in [2.24, 2.45) is 10.8 Å². The minimum Gasteiger partial charge on any atom is -0.493 e. The standard InChI is InChI=1S/C19H20BrN3O4S/c1-26-17-8-13(6-7-16(17)27-10-18(21)24)9-22-23-19(25)12-28-11-14-4-2-3-5-15(14)20/h2-9H,10-12H2,1H3,(H2,21,24)(H,23,25)/b22-9+. The van der Waals surface area contributed by atoms with Gasteiger partial charge in [0.05, 0.1) is 19.1 Å². The maximum absolute atomic E-state index is 11.9. The Morgan fingerprint density at radius 2 is 2.04 bits per heavy atom. The minimum absolute atomic E-state index is 0.193. The van der Waals surface area contributed by atoms with Crippen molar-refractivity contribution in [3.63, 3.8) is 0 Å². The molecule has 0 atom stereocenters. The molecule has 0 aliphatic heterocycles. The predicted octanol–water partition coefficient (Wildman–Crippen LogP) is 2.71. The Balaban J connectivity index is 1.82. The molecule has 0 fully saturated rings. The van der Waals surface area contributed by atoms with Crippen molar-refractivity contribution < 1.29 is 19.1 Å². The van der Waals surface area contributed by atoms with Gasteiger partial charge in [-0.1, -0.05) is 34.1 Å². The van der Waals surface area contributed by atoms with Crippen LogP contribution in [0.3, 0.4) is 0 Å². The first-order valence-corrected chi connectivity index (χ1v) is 10.2. The van der Waals surface area contributed by atoms with Crippen LogP contribution in [0, 0.1) is 0 Å². The van der Waals surface area contributed by atoms with Crippen LogP contribution in [0.15, 0.2) is 52.0 Å². The molecule has 0 spiro atoms. The number of hydrogen-bond acceptors (Lipinski definition) is 6. The van der Waals surface area contributed by atoms with E-state index in [0.717, 1.165) is 15.8 Å². The van der Waals surface area contributed by atoms with Crippen molar-refractivity contribution in [1.82, 2.24) is 5.43 Å². The molecule has 0 aliphatic rings. The first-order chi connectivity index (χ1) is 13.5. The van der Waals surface area contributed by atoms with Crippen molar-refractivity contribution >= 4 is 45.7 Å². The zero-order valence-corrected chi connectivity index (χ0v) is 17.6. The Morgan fingerprint density at radius 1 is 1.25 bits per heavy atom. The molecule has 148 valence electrons. The zero-order chi connectivity index (χ0) is 20.4. The predicted molar refractivity (Wildman–Crippen MR) is 114 cm³/mol. The van der Waals surface area contributed by atoms with Crippen LogP contribution >= 0.6 is 27.7 Å². The molecule has 9 heteroatoms. The van der Waals surface area contributed by atoms with Crippen LogP contribution < -0.4 is 20.6 Å². The molecule has 0 radical (unpaired) electrons. The van der Waals surface area contributed by atoms with Gasteiger partial charge in [-0.2, -0.15) is 5.10 Å². The van der Waals surface area contributed by atoms with Gasteiger partial charge in [0.25, 0.3) is 5.91 Å². The van der Waals surface area contributed by atoms with E-state index in [0.29, 0.717) is 22.8 Å². The third-order valence-corrected chi connectivity index (χ3v) is 5.16. The lowest BCUT2D eigenvalue weighted by molar-refractivity contribution is -0.120. The normalized spacial score (nSPS) is 10.6. The summed E-state index contributed by atoms with van der Waals surface area (Å²) in [4.78, 5) is 22.7. The van der Waals surface area contributed by atoms with Gasteiger partial charge in [0, 0.05) is 10.2 Å². The van der Waals surface area contributed by atoms with Gasteiger partial charge in [0.2, 0.25) is 5.91 Å². The summed E-state index contributed by atoms with van der Waals surface area (Å²) in [7, 11) is 1.48. The van der Waals surface area contributed by atoms with E-state index in [1.807, 2.05) is 24.3 Å². The highest BCUT2D eigenvalue weighted by Crippen LogP contribution is 2.27. The third-order valence-electron chi connectivity index (χ3n) is 3.41. The molecule has 0 unspecified atom stereocenters. The van der Waals surface area contributed by atoms with Gasteiger partial charge in [-0.25, -0.2) is 5.43 Å². The number of rotatable bonds is 10. The Morgan fingerprint density at radius 3 is 2.75 bits per heavy atom. The molecular formula is C19H20BrN3O4S. The summed E-state index contributed by atoms with van der Waals surface area (Å²) >= 11 is 4.99. The second-order valence-corrected chi connectivity index (χ2v) is 7.38. The van der Waals surface area contributed by atoms with Crippen molar-refractivity contribution in [1.29, 1.82) is 0 Å². The van der Waals surface area contributed by atoms with Crippen LogP contribution in [0.25, 0.3) is 0 Å². The van der Waals surface area contributed by atoms with Crippen LogP contribution in [-0.2, 0) is 15.3 Å². The molecule has 0 aliphatic carbocycles. The Bertz CT molecular complexity index is 861. The number of primary amides is 1. The summed E-state index contributed by atoms with van der Waals surface area (Å²) in [6, 6.07) is 12.9. The van der Waals surface area contributed by atoms with E-state index < -0.39 is 5.91 Å². The monoisotopic (exact) mass is 465 g/mol. The molecule has 3 N–H and O–H groups in total. The highest BCUT2D eigenvalue weighted by molar-refractivity contribution is 9.10. The molecule has 0 aromatic heterocycles. The summed E-state index contributed by atoms with van der Waals surface area (Å²) in [6.45, 7) is -0.239. The van der Waals surface area contributed by atoms with Crippen molar-refractivity contribution in [2.75, 3.05) is 19.5 Å². The van der Waals surface area contributed by atoms with Crippen molar-refractivity contribution in [3.8, 4) is 11.5 Å². The Kier molecular flexibility index (Phi) is 8.83. The van der Waals surface area contributed by atoms with Gasteiger partial charge >= 0.3 is 0 Å². The van der Waals surface area contributed by atoms with Crippen LogP contribution in [-0.4, -0.2) is 37.5 Å². The second-order valence-electron chi connectivity index (χ2n) is 5.54. The Labute approximate surface area is 175 Å². The highest BCUT2D eigenvalue weighted by atomic mass is 79.9. The average molecular weight is 466 g/mol. The molecule has 0 heterocycles. The topological polar surface area (TPSA) is 103 Å². The second kappa shape index (κ2) is 11.4. The first kappa shape index (κ1) is 21.8. The highest BCUT2D eigenvalue weighted by Gasteiger charge is 2.07. The molecule has 7 nitrogen and oxygen atoms in total. The number of thioether (sulfide) groups is 1. The molecular weight excluding hydrogens is 446 g/mol. The number of amides is 2. The van der Waals surface area contributed by atoms with Crippen molar-refractivity contribution in [3.05, 3.63) is 58.1 Å². The summed E-state index contributed by atoms with van der Waals surface area (Å²) in [5.41, 5.74) is 9.38. The number of ether oxygens (including phenoxy) is 2. The van der Waals surface area contributed by atoms with Gasteiger partial charge in [-0.15, -0.1) is 11.8 Å². The fraction of sp³-hybridized carbons (Fsp3) is 0.211. The van der Waals surface area contributed by atoms with Gasteiger partial charge in [0.15, 0.2) is 18.1 Å². The van der Waals surface area contributed by atoms with E-state index in [2.05, 4.69) is 26.5 Å². The number of nitrogens with zero attached hydrogens (tertiary/aromatic N) is 1. The zero-order valence-electron chi connectivity index (χ0n) is 15.2. The van der Waals surface area contributed by atoms with E-state index in [1.54, 1.807) is 18.2 Å². The van der Waals surface area contributed by atoms with Crippen LogP contribution in [0.2, 0.25) is 0 Å². The first-order valence-electron chi connectivity index (χ1n) is 8.21.